The van der Waals surface area contributed by atoms with Crippen LogP contribution in [0.4, 0.5) is 0 Å². The average molecular weight is 1450 g/mol. The molecule has 0 N–H and O–H groups in total. The summed E-state index contributed by atoms with van der Waals surface area (Å²) in [6.07, 6.45) is 114. The van der Waals surface area contributed by atoms with E-state index in [0.29, 0.717) is 17.4 Å². The van der Waals surface area contributed by atoms with Crippen molar-refractivity contribution in [2.45, 2.75) is 457 Å². The molecule has 0 aliphatic rings. The Morgan fingerprint density at radius 3 is 0.833 bits per heavy atom. The average Bonchev–Trinajstić information content (AvgIpc) is 0.914. The number of ether oxygens (including phenoxy) is 2. The van der Waals surface area contributed by atoms with Gasteiger partial charge in [0.1, 0.15) is 19.8 Å². The van der Waals surface area contributed by atoms with Crippen LogP contribution in [-0.2, 0) is 32.7 Å². The van der Waals surface area contributed by atoms with Crippen molar-refractivity contribution in [3.63, 3.8) is 0 Å². The molecule has 0 bridgehead atoms. The van der Waals surface area contributed by atoms with E-state index in [2.05, 4.69) is 86.8 Å². The Balaban J connectivity index is 3.86. The molecule has 0 aliphatic heterocycles. The maximum atomic E-state index is 12.9. The van der Waals surface area contributed by atoms with Crippen LogP contribution in [0.3, 0.4) is 0 Å². The summed E-state index contributed by atoms with van der Waals surface area (Å²) < 4.78 is 34.5. The van der Waals surface area contributed by atoms with Gasteiger partial charge in [0, 0.05) is 12.8 Å². The molecule has 0 aromatic rings. The smallest absolute Gasteiger partial charge is 0.306 e. The number of carbonyl (C=O) groups is 2. The number of unbranched alkanes of at least 4 members (excludes halogenated alkanes) is 58. The maximum Gasteiger partial charge on any atom is 0.306 e. The molecule has 0 aromatic carbocycles. The van der Waals surface area contributed by atoms with E-state index in [1.807, 2.05) is 21.1 Å². The van der Waals surface area contributed by atoms with E-state index >= 15 is 0 Å². The molecule has 2 unspecified atom stereocenters. The second kappa shape index (κ2) is 82.5. The van der Waals surface area contributed by atoms with Gasteiger partial charge in [-0.05, 0) is 64.2 Å². The number of hydrogen-bond donors (Lipinski definition) is 0. The lowest BCUT2D eigenvalue weighted by atomic mass is 10.0. The minimum Gasteiger partial charge on any atom is -0.756 e. The van der Waals surface area contributed by atoms with Crippen LogP contribution in [0.5, 0.6) is 0 Å². The second-order valence-electron chi connectivity index (χ2n) is 31.6. The third-order valence-corrected chi connectivity index (χ3v) is 21.2. The summed E-state index contributed by atoms with van der Waals surface area (Å²) in [5, 5.41) is 0. The van der Waals surface area contributed by atoms with Crippen LogP contribution in [-0.4, -0.2) is 70.0 Å². The number of allylic oxidation sites excluding steroid dienone is 12. The molecule has 0 fully saturated rings. The van der Waals surface area contributed by atoms with Crippen LogP contribution in [0.15, 0.2) is 72.9 Å². The predicted octanol–water partition coefficient (Wildman–Crippen LogP) is 29.6. The van der Waals surface area contributed by atoms with Gasteiger partial charge in [0.05, 0.1) is 27.7 Å². The number of carbonyl (C=O) groups excluding carboxylic acids is 2. The Labute approximate surface area is 635 Å². The Morgan fingerprint density at radius 2 is 0.559 bits per heavy atom. The molecule has 9 nitrogen and oxygen atoms in total. The minimum absolute atomic E-state index is 0.0287. The van der Waals surface area contributed by atoms with E-state index in [-0.39, 0.29) is 32.0 Å². The van der Waals surface area contributed by atoms with E-state index in [1.54, 1.807) is 0 Å². The molecule has 0 amide bonds. The third kappa shape index (κ3) is 86.4. The van der Waals surface area contributed by atoms with Gasteiger partial charge in [0.15, 0.2) is 6.10 Å². The fourth-order valence-electron chi connectivity index (χ4n) is 13.5. The third-order valence-electron chi connectivity index (χ3n) is 20.2. The van der Waals surface area contributed by atoms with Crippen molar-refractivity contribution in [1.29, 1.82) is 0 Å². The Morgan fingerprint density at radius 1 is 0.314 bits per heavy atom. The Kier molecular flexibility index (Phi) is 80.4. The number of phosphoric ester groups is 1. The van der Waals surface area contributed by atoms with Crippen molar-refractivity contribution in [3.8, 4) is 0 Å². The van der Waals surface area contributed by atoms with Gasteiger partial charge in [-0.3, -0.25) is 14.2 Å². The highest BCUT2D eigenvalue weighted by molar-refractivity contribution is 7.45. The van der Waals surface area contributed by atoms with Gasteiger partial charge >= 0.3 is 11.9 Å². The van der Waals surface area contributed by atoms with Crippen LogP contribution in [0, 0.1) is 0 Å². The van der Waals surface area contributed by atoms with Gasteiger partial charge in [0.25, 0.3) is 7.82 Å². The van der Waals surface area contributed by atoms with Crippen LogP contribution >= 0.6 is 7.82 Å². The number of likely N-dealkylation sites (N-methyl/N-ethyl adjacent to an activating group) is 1. The standard InChI is InChI=1S/C92H172NO8P/c1-6-8-10-12-14-16-18-20-22-24-26-28-30-32-34-36-38-40-42-44-46-48-50-52-54-56-58-60-62-64-66-68-70-72-74-76-78-80-82-84-91(94)98-88-90(89-100-102(96,97)99-87-86-93(3,4)5)101-92(95)85-83-81-79-77-75-73-71-69-67-65-63-61-59-57-55-53-51-49-47-45-43-41-39-37-35-33-31-29-27-25-23-21-19-17-15-13-11-9-7-2/h9,11,15,17,21,23,27,29,33,35,39,41,90H,6-8,10,12-14,16,18-20,22,24-26,28,30-32,34,36-38,40,42-89H2,1-5H3/b11-9-,17-15-,23-21-,29-27-,35-33-,41-39-. The first-order valence-electron chi connectivity index (χ1n) is 44.6. The van der Waals surface area contributed by atoms with Gasteiger partial charge in [-0.25, -0.2) is 0 Å². The molecule has 10 heteroatoms. The van der Waals surface area contributed by atoms with Gasteiger partial charge in [-0.2, -0.15) is 0 Å². The number of hydrogen-bond acceptors (Lipinski definition) is 8. The first-order valence-corrected chi connectivity index (χ1v) is 46.1. The van der Waals surface area contributed by atoms with Crippen LogP contribution in [0.1, 0.15) is 450 Å². The summed E-state index contributed by atoms with van der Waals surface area (Å²) in [4.78, 5) is 38.3. The fourth-order valence-corrected chi connectivity index (χ4v) is 14.2. The molecule has 0 aromatic heterocycles. The topological polar surface area (TPSA) is 111 Å². The maximum absolute atomic E-state index is 12.9. The predicted molar refractivity (Wildman–Crippen MR) is 443 cm³/mol. The summed E-state index contributed by atoms with van der Waals surface area (Å²) in [6.45, 7) is 4.21. The van der Waals surface area contributed by atoms with Gasteiger partial charge in [-0.15, -0.1) is 0 Å². The largest absolute Gasteiger partial charge is 0.756 e. The Bertz CT molecular complexity index is 1950. The molecule has 0 heterocycles. The zero-order valence-corrected chi connectivity index (χ0v) is 69.5. The number of rotatable bonds is 84. The van der Waals surface area contributed by atoms with E-state index < -0.39 is 26.5 Å². The lowest BCUT2D eigenvalue weighted by Crippen LogP contribution is -2.37. The van der Waals surface area contributed by atoms with Gasteiger partial charge in [-0.1, -0.05) is 446 Å². The molecular formula is C92H172NO8P. The molecule has 0 radical (unpaired) electrons. The number of nitrogens with zero attached hydrogens (tertiary/aromatic N) is 1. The van der Waals surface area contributed by atoms with Crippen molar-refractivity contribution >= 4 is 19.8 Å². The van der Waals surface area contributed by atoms with E-state index in [4.69, 9.17) is 18.5 Å². The van der Waals surface area contributed by atoms with E-state index in [1.165, 1.54) is 347 Å². The second-order valence-corrected chi connectivity index (χ2v) is 33.0. The number of esters is 2. The van der Waals surface area contributed by atoms with Crippen molar-refractivity contribution in [1.82, 2.24) is 0 Å². The Hall–Kier alpha value is -2.55. The molecule has 2 atom stereocenters. The summed E-state index contributed by atoms with van der Waals surface area (Å²) in [6, 6.07) is 0. The molecule has 598 valence electrons. The normalized spacial score (nSPS) is 13.3. The molecule has 0 rings (SSSR count). The monoisotopic (exact) mass is 1450 g/mol. The molecule has 0 saturated carbocycles. The highest BCUT2D eigenvalue weighted by Gasteiger charge is 2.22. The first-order chi connectivity index (χ1) is 50.0. The van der Waals surface area contributed by atoms with Crippen LogP contribution in [0.2, 0.25) is 0 Å². The highest BCUT2D eigenvalue weighted by Crippen LogP contribution is 2.38. The quantitative estimate of drug-likeness (QED) is 0.0195. The fraction of sp³-hybridized carbons (Fsp3) is 0.848. The summed E-state index contributed by atoms with van der Waals surface area (Å²) >= 11 is 0. The summed E-state index contributed by atoms with van der Waals surface area (Å²) in [7, 11) is 1.19. The molecule has 0 aliphatic carbocycles. The molecule has 0 saturated heterocycles. The molecule has 102 heavy (non-hydrogen) atoms. The van der Waals surface area contributed by atoms with Crippen LogP contribution < -0.4 is 4.89 Å². The van der Waals surface area contributed by atoms with Crippen molar-refractivity contribution in [2.24, 2.45) is 0 Å². The lowest BCUT2D eigenvalue weighted by Gasteiger charge is -2.28. The van der Waals surface area contributed by atoms with E-state index in [0.717, 1.165) is 70.6 Å². The first kappa shape index (κ1) is 99.5. The van der Waals surface area contributed by atoms with Crippen molar-refractivity contribution in [2.75, 3.05) is 47.5 Å². The van der Waals surface area contributed by atoms with Crippen LogP contribution in [0.25, 0.3) is 0 Å². The zero-order valence-electron chi connectivity index (χ0n) is 68.6. The molecule has 0 spiro atoms. The lowest BCUT2D eigenvalue weighted by molar-refractivity contribution is -0.870. The van der Waals surface area contributed by atoms with Crippen molar-refractivity contribution in [3.05, 3.63) is 72.9 Å². The summed E-state index contributed by atoms with van der Waals surface area (Å²) in [5.41, 5.74) is 0. The van der Waals surface area contributed by atoms with E-state index in [9.17, 15) is 19.0 Å². The highest BCUT2D eigenvalue weighted by atomic mass is 31.2. The SMILES string of the molecule is CC/C=C\C/C=C\C/C=C\C/C=C\C/C=C\C/C=C\CCCCCCCCCCCCCCCCCCCCCCC(=O)OC(COC(=O)CCCCCCCCCCCCCCCCCCCCCCCCCCCCCCCCCCCCCCCCC)COP(=O)([O-])OCC[N+](C)(C)C. The van der Waals surface area contributed by atoms with Gasteiger partial charge in [0.2, 0.25) is 0 Å². The number of quaternary nitrogens is 1. The van der Waals surface area contributed by atoms with Crippen molar-refractivity contribution < 1.29 is 42.1 Å². The number of phosphoric acid groups is 1. The summed E-state index contributed by atoms with van der Waals surface area (Å²) in [5.74, 6) is -0.808. The van der Waals surface area contributed by atoms with Gasteiger partial charge < -0.3 is 27.9 Å². The molecular weight excluding hydrogens is 1280 g/mol. The zero-order chi connectivity index (χ0) is 74.0. The minimum atomic E-state index is -4.65.